The molecule has 102 valence electrons. The molecule has 0 bridgehead atoms. The number of hydrogen-bond acceptors (Lipinski definition) is 1. The maximum atomic E-state index is 13.4. The van der Waals surface area contributed by atoms with Crippen LogP contribution < -0.4 is 5.32 Å². The standard InChI is InChI=1S/C16H20FNO/c1-4-11-7-12(8-16(19)18-10(2)3)15-9-13(17)5-6-14(11)15/h5-6,8-11H,4,7H2,1-3H3,(H,18,19)/b12-8+. The van der Waals surface area contributed by atoms with E-state index in [0.717, 1.165) is 29.5 Å². The predicted molar refractivity (Wildman–Crippen MR) is 75.3 cm³/mol. The Hall–Kier alpha value is -1.64. The minimum absolute atomic E-state index is 0.100. The van der Waals surface area contributed by atoms with Gasteiger partial charge in [-0.1, -0.05) is 13.0 Å². The van der Waals surface area contributed by atoms with Crippen LogP contribution in [0.25, 0.3) is 5.57 Å². The molecule has 0 spiro atoms. The van der Waals surface area contributed by atoms with Gasteiger partial charge in [0.15, 0.2) is 0 Å². The second-order valence-corrected chi connectivity index (χ2v) is 5.37. The molecule has 0 fully saturated rings. The Labute approximate surface area is 113 Å². The Kier molecular flexibility index (Phi) is 4.03. The highest BCUT2D eigenvalue weighted by atomic mass is 19.1. The van der Waals surface area contributed by atoms with Crippen molar-refractivity contribution in [3.05, 3.63) is 41.2 Å². The Bertz CT molecular complexity index is 519. The summed E-state index contributed by atoms with van der Waals surface area (Å²) in [4.78, 5) is 11.8. The van der Waals surface area contributed by atoms with E-state index in [0.29, 0.717) is 5.92 Å². The van der Waals surface area contributed by atoms with Gasteiger partial charge in [-0.2, -0.15) is 0 Å². The fourth-order valence-corrected chi connectivity index (χ4v) is 2.63. The van der Waals surface area contributed by atoms with Gasteiger partial charge in [0.05, 0.1) is 0 Å². The monoisotopic (exact) mass is 261 g/mol. The number of hydrogen-bond donors (Lipinski definition) is 1. The van der Waals surface area contributed by atoms with Crippen LogP contribution in [0.15, 0.2) is 24.3 Å². The van der Waals surface area contributed by atoms with Crippen LogP contribution in [0.3, 0.4) is 0 Å². The van der Waals surface area contributed by atoms with Crippen LogP contribution in [-0.4, -0.2) is 11.9 Å². The van der Waals surface area contributed by atoms with E-state index in [1.165, 1.54) is 6.07 Å². The molecule has 1 unspecified atom stereocenters. The third-order valence-corrected chi connectivity index (χ3v) is 3.50. The lowest BCUT2D eigenvalue weighted by Gasteiger charge is -2.06. The van der Waals surface area contributed by atoms with Gasteiger partial charge in [-0.25, -0.2) is 4.39 Å². The first kappa shape index (κ1) is 13.8. The maximum absolute atomic E-state index is 13.4. The van der Waals surface area contributed by atoms with Crippen molar-refractivity contribution in [3.63, 3.8) is 0 Å². The molecule has 0 saturated carbocycles. The molecule has 19 heavy (non-hydrogen) atoms. The van der Waals surface area contributed by atoms with Crippen molar-refractivity contribution in [3.8, 4) is 0 Å². The van der Waals surface area contributed by atoms with Crippen molar-refractivity contribution < 1.29 is 9.18 Å². The van der Waals surface area contributed by atoms with E-state index in [9.17, 15) is 9.18 Å². The molecule has 0 aliphatic heterocycles. The van der Waals surface area contributed by atoms with Crippen LogP contribution in [0.5, 0.6) is 0 Å². The largest absolute Gasteiger partial charge is 0.350 e. The first-order valence-corrected chi connectivity index (χ1v) is 6.82. The molecule has 0 aromatic heterocycles. The van der Waals surface area contributed by atoms with Crippen LogP contribution in [0.4, 0.5) is 4.39 Å². The van der Waals surface area contributed by atoms with Gasteiger partial charge < -0.3 is 5.32 Å². The molecular formula is C16H20FNO. The second-order valence-electron chi connectivity index (χ2n) is 5.37. The summed E-state index contributed by atoms with van der Waals surface area (Å²) in [6, 6.07) is 5.00. The van der Waals surface area contributed by atoms with Gasteiger partial charge in [-0.05, 0) is 61.4 Å². The van der Waals surface area contributed by atoms with E-state index in [1.54, 1.807) is 12.1 Å². The Morgan fingerprint density at radius 1 is 1.53 bits per heavy atom. The van der Waals surface area contributed by atoms with Crippen LogP contribution in [-0.2, 0) is 4.79 Å². The molecule has 1 atom stereocenters. The lowest BCUT2D eigenvalue weighted by molar-refractivity contribution is -0.116. The second kappa shape index (κ2) is 5.55. The third-order valence-electron chi connectivity index (χ3n) is 3.50. The average molecular weight is 261 g/mol. The average Bonchev–Trinajstić information content (AvgIpc) is 2.65. The van der Waals surface area contributed by atoms with Crippen molar-refractivity contribution in [1.82, 2.24) is 5.32 Å². The molecule has 0 heterocycles. The topological polar surface area (TPSA) is 29.1 Å². The lowest BCUT2D eigenvalue weighted by Crippen LogP contribution is -2.28. The van der Waals surface area contributed by atoms with Gasteiger partial charge in [-0.3, -0.25) is 4.79 Å². The first-order valence-electron chi connectivity index (χ1n) is 6.82. The van der Waals surface area contributed by atoms with Crippen molar-refractivity contribution >= 4 is 11.5 Å². The number of halogens is 1. The Morgan fingerprint density at radius 3 is 2.89 bits per heavy atom. The smallest absolute Gasteiger partial charge is 0.244 e. The molecule has 1 aromatic rings. The zero-order chi connectivity index (χ0) is 14.0. The summed E-state index contributed by atoms with van der Waals surface area (Å²) in [5.41, 5.74) is 3.00. The van der Waals surface area contributed by atoms with E-state index in [4.69, 9.17) is 0 Å². The van der Waals surface area contributed by atoms with Gasteiger partial charge in [0.25, 0.3) is 0 Å². The zero-order valence-electron chi connectivity index (χ0n) is 11.7. The molecule has 1 aliphatic rings. The van der Waals surface area contributed by atoms with E-state index < -0.39 is 0 Å². The number of amides is 1. The zero-order valence-corrected chi connectivity index (χ0v) is 11.7. The van der Waals surface area contributed by atoms with Crippen LogP contribution in [0, 0.1) is 5.82 Å². The quantitative estimate of drug-likeness (QED) is 0.827. The molecule has 0 saturated heterocycles. The molecular weight excluding hydrogens is 241 g/mol. The fraction of sp³-hybridized carbons (Fsp3) is 0.438. The van der Waals surface area contributed by atoms with Crippen molar-refractivity contribution in [1.29, 1.82) is 0 Å². The number of rotatable bonds is 3. The lowest BCUT2D eigenvalue weighted by atomic mass is 9.99. The first-order chi connectivity index (χ1) is 9.01. The van der Waals surface area contributed by atoms with Crippen LogP contribution in [0.2, 0.25) is 0 Å². The van der Waals surface area contributed by atoms with Crippen LogP contribution >= 0.6 is 0 Å². The Morgan fingerprint density at radius 2 is 2.26 bits per heavy atom. The summed E-state index contributed by atoms with van der Waals surface area (Å²) in [5, 5.41) is 2.84. The molecule has 1 amide bonds. The summed E-state index contributed by atoms with van der Waals surface area (Å²) in [7, 11) is 0. The summed E-state index contributed by atoms with van der Waals surface area (Å²) < 4.78 is 13.4. The minimum atomic E-state index is -0.245. The molecule has 2 nitrogen and oxygen atoms in total. The van der Waals surface area contributed by atoms with E-state index in [2.05, 4.69) is 12.2 Å². The number of benzene rings is 1. The highest BCUT2D eigenvalue weighted by Crippen LogP contribution is 2.42. The highest BCUT2D eigenvalue weighted by Gasteiger charge is 2.26. The number of allylic oxidation sites excluding steroid dienone is 1. The molecule has 1 aromatic carbocycles. The number of nitrogens with one attached hydrogen (secondary N) is 1. The predicted octanol–water partition coefficient (Wildman–Crippen LogP) is 3.63. The van der Waals surface area contributed by atoms with Gasteiger partial charge in [0, 0.05) is 12.1 Å². The van der Waals surface area contributed by atoms with Gasteiger partial charge in [-0.15, -0.1) is 0 Å². The maximum Gasteiger partial charge on any atom is 0.244 e. The number of carbonyl (C=O) groups excluding carboxylic acids is 1. The number of fused-ring (bicyclic) bond motifs is 1. The van der Waals surface area contributed by atoms with E-state index in [1.807, 2.05) is 19.9 Å². The molecule has 0 radical (unpaired) electrons. The van der Waals surface area contributed by atoms with Gasteiger partial charge >= 0.3 is 0 Å². The summed E-state index contributed by atoms with van der Waals surface area (Å²) in [6.07, 6.45) is 3.44. The molecule has 3 heteroatoms. The summed E-state index contributed by atoms with van der Waals surface area (Å²) in [6.45, 7) is 5.97. The SMILES string of the molecule is CCC1C/C(=C\C(=O)NC(C)C)c2cc(F)ccc21. The van der Waals surface area contributed by atoms with Crippen molar-refractivity contribution in [2.45, 2.75) is 45.6 Å². The minimum Gasteiger partial charge on any atom is -0.350 e. The van der Waals surface area contributed by atoms with E-state index >= 15 is 0 Å². The fourth-order valence-electron chi connectivity index (χ4n) is 2.63. The molecule has 1 aliphatic carbocycles. The molecule has 1 N–H and O–H groups in total. The summed E-state index contributed by atoms with van der Waals surface area (Å²) in [5.74, 6) is 0.0522. The van der Waals surface area contributed by atoms with Crippen molar-refractivity contribution in [2.24, 2.45) is 0 Å². The van der Waals surface area contributed by atoms with Gasteiger partial charge in [0.1, 0.15) is 5.82 Å². The molecule has 2 rings (SSSR count). The van der Waals surface area contributed by atoms with Gasteiger partial charge in [0.2, 0.25) is 5.91 Å². The van der Waals surface area contributed by atoms with Crippen molar-refractivity contribution in [2.75, 3.05) is 0 Å². The third kappa shape index (κ3) is 3.03. The van der Waals surface area contributed by atoms with Crippen LogP contribution in [0.1, 0.15) is 50.7 Å². The Balaban J connectivity index is 2.32. The summed E-state index contributed by atoms with van der Waals surface area (Å²) >= 11 is 0. The van der Waals surface area contributed by atoms with E-state index in [-0.39, 0.29) is 17.8 Å². The number of carbonyl (C=O) groups is 1. The highest BCUT2D eigenvalue weighted by molar-refractivity contribution is 5.96. The normalized spacial score (nSPS) is 19.8.